The number of aryl methyl sites for hydroxylation is 1. The van der Waals surface area contributed by atoms with Crippen LogP contribution in [0.4, 0.5) is 0 Å². The van der Waals surface area contributed by atoms with Crippen LogP contribution in [-0.4, -0.2) is 13.2 Å². The normalized spacial score (nSPS) is 15.1. The van der Waals surface area contributed by atoms with Crippen molar-refractivity contribution in [2.45, 2.75) is 11.8 Å². The molecule has 3 heteroatoms. The van der Waals surface area contributed by atoms with Gasteiger partial charge in [0.1, 0.15) is 13.2 Å². The molecule has 0 bridgehead atoms. The van der Waals surface area contributed by atoms with Gasteiger partial charge in [-0.2, -0.15) is 0 Å². The van der Waals surface area contributed by atoms with Gasteiger partial charge < -0.3 is 9.47 Å². The van der Waals surface area contributed by atoms with Crippen molar-refractivity contribution in [2.75, 3.05) is 13.2 Å². The van der Waals surface area contributed by atoms with Gasteiger partial charge in [-0.3, -0.25) is 0 Å². The maximum Gasteiger partial charge on any atom is 0.161 e. The van der Waals surface area contributed by atoms with E-state index < -0.39 is 0 Å². The second-order valence-corrected chi connectivity index (χ2v) is 5.60. The predicted octanol–water partition coefficient (Wildman–Crippen LogP) is 4.25. The van der Waals surface area contributed by atoms with Crippen LogP contribution in [0.5, 0.6) is 11.5 Å². The fourth-order valence-electron chi connectivity index (χ4n) is 2.24. The third kappa shape index (κ3) is 2.61. The largest absolute Gasteiger partial charge is 0.486 e. The molecule has 3 rings (SSSR count). The Morgan fingerprint density at radius 2 is 1.68 bits per heavy atom. The van der Waals surface area contributed by atoms with Crippen LogP contribution in [0.3, 0.4) is 0 Å². The van der Waals surface area contributed by atoms with Crippen molar-refractivity contribution in [3.8, 4) is 11.5 Å². The van der Waals surface area contributed by atoms with Crippen molar-refractivity contribution in [2.24, 2.45) is 0 Å². The molecule has 0 radical (unpaired) electrons. The van der Waals surface area contributed by atoms with Crippen LogP contribution >= 0.6 is 15.9 Å². The number of benzene rings is 2. The van der Waals surface area contributed by atoms with Crippen LogP contribution in [0.1, 0.15) is 21.5 Å². The fraction of sp³-hybridized carbons (Fsp3) is 0.250. The SMILES string of the molecule is Cc1cccc(C(Br)c2ccc3c(c2)OCCO3)c1. The number of ether oxygens (including phenoxy) is 2. The zero-order valence-electron chi connectivity index (χ0n) is 10.7. The maximum atomic E-state index is 5.63. The molecule has 0 saturated heterocycles. The summed E-state index contributed by atoms with van der Waals surface area (Å²) in [6.07, 6.45) is 0. The summed E-state index contributed by atoms with van der Waals surface area (Å²) in [5.74, 6) is 1.67. The summed E-state index contributed by atoms with van der Waals surface area (Å²) >= 11 is 3.76. The van der Waals surface area contributed by atoms with Crippen molar-refractivity contribution in [1.29, 1.82) is 0 Å². The highest BCUT2D eigenvalue weighted by Gasteiger charge is 2.16. The highest BCUT2D eigenvalue weighted by atomic mass is 79.9. The molecule has 19 heavy (non-hydrogen) atoms. The molecule has 98 valence electrons. The smallest absolute Gasteiger partial charge is 0.161 e. The van der Waals surface area contributed by atoms with Crippen LogP contribution in [0.15, 0.2) is 42.5 Å². The Morgan fingerprint density at radius 3 is 2.47 bits per heavy atom. The molecule has 0 spiro atoms. The van der Waals surface area contributed by atoms with E-state index in [0.717, 1.165) is 11.5 Å². The van der Waals surface area contributed by atoms with E-state index >= 15 is 0 Å². The van der Waals surface area contributed by atoms with Crippen molar-refractivity contribution in [1.82, 2.24) is 0 Å². The molecule has 0 aromatic heterocycles. The first-order valence-corrected chi connectivity index (χ1v) is 7.26. The number of fused-ring (bicyclic) bond motifs is 1. The number of halogens is 1. The summed E-state index contributed by atoms with van der Waals surface area (Å²) in [4.78, 5) is 0.170. The molecular weight excluding hydrogens is 304 g/mol. The maximum absolute atomic E-state index is 5.63. The molecule has 0 saturated carbocycles. The van der Waals surface area contributed by atoms with E-state index in [1.807, 2.05) is 6.07 Å². The summed E-state index contributed by atoms with van der Waals surface area (Å²) in [6.45, 7) is 3.35. The number of alkyl halides is 1. The molecule has 2 nitrogen and oxygen atoms in total. The number of rotatable bonds is 2. The summed E-state index contributed by atoms with van der Waals surface area (Å²) in [5.41, 5.74) is 3.69. The molecule has 0 amide bonds. The Morgan fingerprint density at radius 1 is 0.947 bits per heavy atom. The third-order valence-electron chi connectivity index (χ3n) is 3.19. The van der Waals surface area contributed by atoms with Gasteiger partial charge in [-0.25, -0.2) is 0 Å². The second-order valence-electron chi connectivity index (χ2n) is 4.68. The van der Waals surface area contributed by atoms with E-state index in [4.69, 9.17) is 9.47 Å². The summed E-state index contributed by atoms with van der Waals surface area (Å²) in [5, 5.41) is 0. The molecule has 1 atom stereocenters. The van der Waals surface area contributed by atoms with Crippen molar-refractivity contribution < 1.29 is 9.47 Å². The van der Waals surface area contributed by atoms with Crippen LogP contribution in [0, 0.1) is 6.92 Å². The highest BCUT2D eigenvalue weighted by Crippen LogP contribution is 2.37. The van der Waals surface area contributed by atoms with Crippen LogP contribution < -0.4 is 9.47 Å². The molecule has 1 heterocycles. The molecule has 2 aromatic rings. The lowest BCUT2D eigenvalue weighted by atomic mass is 10.0. The average Bonchev–Trinajstić information content (AvgIpc) is 2.46. The van der Waals surface area contributed by atoms with E-state index in [1.165, 1.54) is 16.7 Å². The number of hydrogen-bond donors (Lipinski definition) is 0. The first kappa shape index (κ1) is 12.5. The fourth-order valence-corrected chi connectivity index (χ4v) is 2.81. The van der Waals surface area contributed by atoms with Gasteiger partial charge in [0.25, 0.3) is 0 Å². The molecule has 1 aliphatic heterocycles. The number of hydrogen-bond acceptors (Lipinski definition) is 2. The summed E-state index contributed by atoms with van der Waals surface area (Å²) in [6, 6.07) is 14.6. The third-order valence-corrected chi connectivity index (χ3v) is 4.25. The van der Waals surface area contributed by atoms with Gasteiger partial charge in [-0.05, 0) is 30.2 Å². The van der Waals surface area contributed by atoms with E-state index in [2.05, 4.69) is 59.3 Å². The van der Waals surface area contributed by atoms with E-state index in [0.29, 0.717) is 13.2 Å². The van der Waals surface area contributed by atoms with Gasteiger partial charge in [-0.15, -0.1) is 0 Å². The zero-order chi connectivity index (χ0) is 13.2. The predicted molar refractivity (Wildman–Crippen MR) is 79.4 cm³/mol. The molecule has 1 aliphatic rings. The van der Waals surface area contributed by atoms with E-state index in [9.17, 15) is 0 Å². The minimum Gasteiger partial charge on any atom is -0.486 e. The molecule has 2 aromatic carbocycles. The Labute approximate surface area is 121 Å². The quantitative estimate of drug-likeness (QED) is 0.771. The second kappa shape index (κ2) is 5.25. The van der Waals surface area contributed by atoms with Gasteiger partial charge in [0.05, 0.1) is 4.83 Å². The molecule has 0 N–H and O–H groups in total. The molecule has 0 fully saturated rings. The monoisotopic (exact) mass is 318 g/mol. The van der Waals surface area contributed by atoms with Gasteiger partial charge >= 0.3 is 0 Å². The minimum absolute atomic E-state index is 0.170. The summed E-state index contributed by atoms with van der Waals surface area (Å²) in [7, 11) is 0. The van der Waals surface area contributed by atoms with E-state index in [1.54, 1.807) is 0 Å². The van der Waals surface area contributed by atoms with Crippen LogP contribution in [0.2, 0.25) is 0 Å². The standard InChI is InChI=1S/C16H15BrO2/c1-11-3-2-4-12(9-11)16(17)13-5-6-14-15(10-13)19-8-7-18-14/h2-6,9-10,16H,7-8H2,1H3. The first-order valence-electron chi connectivity index (χ1n) is 6.34. The molecular formula is C16H15BrO2. The Balaban J connectivity index is 1.93. The Hall–Kier alpha value is -1.48. The topological polar surface area (TPSA) is 18.5 Å². The average molecular weight is 319 g/mol. The highest BCUT2D eigenvalue weighted by molar-refractivity contribution is 9.09. The first-order chi connectivity index (χ1) is 9.24. The van der Waals surface area contributed by atoms with Crippen LogP contribution in [-0.2, 0) is 0 Å². The van der Waals surface area contributed by atoms with Crippen molar-refractivity contribution in [3.63, 3.8) is 0 Å². The van der Waals surface area contributed by atoms with Gasteiger partial charge in [-0.1, -0.05) is 51.8 Å². The van der Waals surface area contributed by atoms with Gasteiger partial charge in [0.2, 0.25) is 0 Å². The zero-order valence-corrected chi connectivity index (χ0v) is 12.3. The molecule has 1 unspecified atom stereocenters. The molecule has 0 aliphatic carbocycles. The Bertz CT molecular complexity index is 595. The lowest BCUT2D eigenvalue weighted by Gasteiger charge is -2.20. The van der Waals surface area contributed by atoms with Crippen LogP contribution in [0.25, 0.3) is 0 Å². The Kier molecular flexibility index (Phi) is 3.47. The lowest BCUT2D eigenvalue weighted by molar-refractivity contribution is 0.171. The van der Waals surface area contributed by atoms with Gasteiger partial charge in [0.15, 0.2) is 11.5 Å². The summed E-state index contributed by atoms with van der Waals surface area (Å²) < 4.78 is 11.2. The lowest BCUT2D eigenvalue weighted by Crippen LogP contribution is -2.15. The van der Waals surface area contributed by atoms with Crippen molar-refractivity contribution in [3.05, 3.63) is 59.2 Å². The van der Waals surface area contributed by atoms with Gasteiger partial charge in [0, 0.05) is 0 Å². The minimum atomic E-state index is 0.170. The van der Waals surface area contributed by atoms with Crippen molar-refractivity contribution >= 4 is 15.9 Å². The van der Waals surface area contributed by atoms with E-state index in [-0.39, 0.29) is 4.83 Å².